The van der Waals surface area contributed by atoms with Crippen LogP contribution in [0.1, 0.15) is 17.5 Å². The van der Waals surface area contributed by atoms with E-state index >= 15 is 0 Å². The summed E-state index contributed by atoms with van der Waals surface area (Å²) in [6.07, 6.45) is -4.20. The molecule has 0 unspecified atom stereocenters. The Bertz CT molecular complexity index is 899. The third kappa shape index (κ3) is 4.16. The molecule has 2 amide bonds. The normalized spacial score (nSPS) is 17.3. The molecule has 1 N–H and O–H groups in total. The fourth-order valence-electron chi connectivity index (χ4n) is 3.04. The van der Waals surface area contributed by atoms with Crippen LogP contribution in [0.25, 0.3) is 0 Å². The van der Waals surface area contributed by atoms with Gasteiger partial charge in [-0.2, -0.15) is 13.2 Å². The van der Waals surface area contributed by atoms with E-state index in [2.05, 4.69) is 21.2 Å². The predicted octanol–water partition coefficient (Wildman–Crippen LogP) is 4.77. The molecule has 1 aliphatic heterocycles. The van der Waals surface area contributed by atoms with Crippen molar-refractivity contribution in [3.05, 3.63) is 58.1 Å². The van der Waals surface area contributed by atoms with Crippen LogP contribution in [0.15, 0.2) is 46.9 Å². The minimum Gasteiger partial charge on any atom is -0.325 e. The van der Waals surface area contributed by atoms with Crippen LogP contribution < -0.4 is 10.2 Å². The Kier molecular flexibility index (Phi) is 5.28. The van der Waals surface area contributed by atoms with Crippen LogP contribution in [0, 0.1) is 12.8 Å². The van der Waals surface area contributed by atoms with Gasteiger partial charge in [0.1, 0.15) is 5.92 Å². The van der Waals surface area contributed by atoms with Crippen molar-refractivity contribution >= 4 is 39.1 Å². The molecule has 1 heterocycles. The van der Waals surface area contributed by atoms with E-state index in [1.807, 2.05) is 19.1 Å². The molecule has 27 heavy (non-hydrogen) atoms. The maximum absolute atomic E-state index is 12.8. The zero-order valence-electron chi connectivity index (χ0n) is 14.3. The molecule has 0 aromatic heterocycles. The van der Waals surface area contributed by atoms with Gasteiger partial charge >= 0.3 is 6.18 Å². The summed E-state index contributed by atoms with van der Waals surface area (Å²) in [7, 11) is 0. The van der Waals surface area contributed by atoms with E-state index in [9.17, 15) is 22.8 Å². The first kappa shape index (κ1) is 19.4. The molecular formula is C19H16BrF3N2O2. The first-order valence-corrected chi connectivity index (χ1v) is 9.02. The molecule has 0 aliphatic carbocycles. The lowest BCUT2D eigenvalue weighted by molar-refractivity contribution is -0.137. The standard InChI is InChI=1S/C19H16BrF3N2O2/c1-11-5-6-13(20)10-16(11)25-8-7-15(18(25)27)17(26)24-14-4-2-3-12(9-14)19(21,22)23/h2-6,9-10,15H,7-8H2,1H3,(H,24,26)/t15-/m0/s1. The molecule has 4 nitrogen and oxygen atoms in total. The molecule has 3 rings (SSSR count). The molecule has 1 fully saturated rings. The van der Waals surface area contributed by atoms with E-state index in [1.54, 1.807) is 6.07 Å². The second kappa shape index (κ2) is 7.34. The van der Waals surface area contributed by atoms with Crippen molar-refractivity contribution in [1.29, 1.82) is 0 Å². The number of anilines is 2. The first-order chi connectivity index (χ1) is 12.7. The van der Waals surface area contributed by atoms with Gasteiger partial charge in [0.25, 0.3) is 0 Å². The highest BCUT2D eigenvalue weighted by atomic mass is 79.9. The molecule has 0 radical (unpaired) electrons. The topological polar surface area (TPSA) is 49.4 Å². The highest BCUT2D eigenvalue weighted by molar-refractivity contribution is 9.10. The molecular weight excluding hydrogens is 425 g/mol. The van der Waals surface area contributed by atoms with Crippen LogP contribution in [0.2, 0.25) is 0 Å². The first-order valence-electron chi connectivity index (χ1n) is 8.22. The van der Waals surface area contributed by atoms with Gasteiger partial charge in [-0.05, 0) is 49.2 Å². The summed E-state index contributed by atoms with van der Waals surface area (Å²) in [4.78, 5) is 26.7. The van der Waals surface area contributed by atoms with Gasteiger partial charge in [0, 0.05) is 22.4 Å². The van der Waals surface area contributed by atoms with Crippen LogP contribution in [0.5, 0.6) is 0 Å². The van der Waals surface area contributed by atoms with Crippen LogP contribution >= 0.6 is 15.9 Å². The number of hydrogen-bond donors (Lipinski definition) is 1. The molecule has 1 aliphatic rings. The number of hydrogen-bond acceptors (Lipinski definition) is 2. The SMILES string of the molecule is Cc1ccc(Br)cc1N1CC[C@@H](C(=O)Nc2cccc(C(F)(F)F)c2)C1=O. The van der Waals surface area contributed by atoms with Crippen LogP contribution in [-0.4, -0.2) is 18.4 Å². The van der Waals surface area contributed by atoms with Crippen molar-refractivity contribution in [3.8, 4) is 0 Å². The van der Waals surface area contributed by atoms with Crippen molar-refractivity contribution in [2.75, 3.05) is 16.8 Å². The summed E-state index contributed by atoms with van der Waals surface area (Å²) in [6.45, 7) is 2.24. The van der Waals surface area contributed by atoms with E-state index in [0.717, 1.165) is 22.2 Å². The fourth-order valence-corrected chi connectivity index (χ4v) is 3.39. The van der Waals surface area contributed by atoms with Crippen LogP contribution in [-0.2, 0) is 15.8 Å². The number of nitrogens with one attached hydrogen (secondary N) is 1. The molecule has 8 heteroatoms. The molecule has 1 saturated heterocycles. The molecule has 142 valence electrons. The Morgan fingerprint density at radius 1 is 1.22 bits per heavy atom. The molecule has 2 aromatic rings. The number of alkyl halides is 3. The number of amides is 2. The van der Waals surface area contributed by atoms with Crippen LogP contribution in [0.3, 0.4) is 0 Å². The zero-order valence-corrected chi connectivity index (χ0v) is 15.9. The Hall–Kier alpha value is -2.35. The highest BCUT2D eigenvalue weighted by Crippen LogP contribution is 2.32. The maximum Gasteiger partial charge on any atom is 0.416 e. The summed E-state index contributed by atoms with van der Waals surface area (Å²) >= 11 is 3.37. The second-order valence-electron chi connectivity index (χ2n) is 6.33. The summed E-state index contributed by atoms with van der Waals surface area (Å²) in [6, 6.07) is 9.89. The Morgan fingerprint density at radius 3 is 2.67 bits per heavy atom. The Labute approximate surface area is 162 Å². The zero-order chi connectivity index (χ0) is 19.8. The number of carbonyl (C=O) groups is 2. The van der Waals surface area contributed by atoms with Crippen molar-refractivity contribution < 1.29 is 22.8 Å². The number of benzene rings is 2. The summed E-state index contributed by atoms with van der Waals surface area (Å²) < 4.78 is 39.2. The monoisotopic (exact) mass is 440 g/mol. The summed E-state index contributed by atoms with van der Waals surface area (Å²) in [5.41, 5.74) is 0.762. The average molecular weight is 441 g/mol. The lowest BCUT2D eigenvalue weighted by Crippen LogP contribution is -2.33. The van der Waals surface area contributed by atoms with Gasteiger partial charge in [0.2, 0.25) is 11.8 Å². The maximum atomic E-state index is 12.8. The lowest BCUT2D eigenvalue weighted by Gasteiger charge is -2.19. The van der Waals surface area contributed by atoms with Gasteiger partial charge in [0.05, 0.1) is 5.56 Å². The van der Waals surface area contributed by atoms with Gasteiger partial charge in [-0.15, -0.1) is 0 Å². The average Bonchev–Trinajstić information content (AvgIpc) is 2.98. The number of aryl methyl sites for hydroxylation is 1. The number of carbonyl (C=O) groups excluding carboxylic acids is 2. The minimum atomic E-state index is -4.50. The summed E-state index contributed by atoms with van der Waals surface area (Å²) in [5, 5.41) is 2.43. The third-order valence-electron chi connectivity index (χ3n) is 4.44. The van der Waals surface area contributed by atoms with Crippen molar-refractivity contribution in [2.45, 2.75) is 19.5 Å². The van der Waals surface area contributed by atoms with Gasteiger partial charge in [-0.25, -0.2) is 0 Å². The molecule has 0 bridgehead atoms. The summed E-state index contributed by atoms with van der Waals surface area (Å²) in [5.74, 6) is -1.90. The Balaban J connectivity index is 1.75. The van der Waals surface area contributed by atoms with Crippen LogP contribution in [0.4, 0.5) is 24.5 Å². The van der Waals surface area contributed by atoms with Gasteiger partial charge in [-0.3, -0.25) is 9.59 Å². The predicted molar refractivity (Wildman–Crippen MR) is 99.4 cm³/mol. The van der Waals surface area contributed by atoms with Crippen molar-refractivity contribution in [1.82, 2.24) is 0 Å². The van der Waals surface area contributed by atoms with E-state index in [4.69, 9.17) is 0 Å². The fraction of sp³-hybridized carbons (Fsp3) is 0.263. The van der Waals surface area contributed by atoms with E-state index in [1.165, 1.54) is 17.0 Å². The second-order valence-corrected chi connectivity index (χ2v) is 7.25. The smallest absolute Gasteiger partial charge is 0.325 e. The quantitative estimate of drug-likeness (QED) is 0.698. The van der Waals surface area contributed by atoms with E-state index in [0.29, 0.717) is 18.7 Å². The molecule has 0 spiro atoms. The highest BCUT2D eigenvalue weighted by Gasteiger charge is 2.38. The van der Waals surface area contributed by atoms with Gasteiger partial charge in [0.15, 0.2) is 0 Å². The third-order valence-corrected chi connectivity index (χ3v) is 4.93. The molecule has 0 saturated carbocycles. The number of nitrogens with zero attached hydrogens (tertiary/aromatic N) is 1. The number of rotatable bonds is 3. The molecule has 1 atom stereocenters. The number of halogens is 4. The lowest BCUT2D eigenvalue weighted by atomic mass is 10.1. The minimum absolute atomic E-state index is 0.0136. The molecule has 2 aromatic carbocycles. The Morgan fingerprint density at radius 2 is 1.96 bits per heavy atom. The van der Waals surface area contributed by atoms with Gasteiger partial charge < -0.3 is 10.2 Å². The van der Waals surface area contributed by atoms with E-state index < -0.39 is 23.6 Å². The van der Waals surface area contributed by atoms with E-state index in [-0.39, 0.29) is 11.6 Å². The van der Waals surface area contributed by atoms with Crippen molar-refractivity contribution in [2.24, 2.45) is 5.92 Å². The van der Waals surface area contributed by atoms with Crippen molar-refractivity contribution in [3.63, 3.8) is 0 Å². The largest absolute Gasteiger partial charge is 0.416 e. The van der Waals surface area contributed by atoms with Gasteiger partial charge in [-0.1, -0.05) is 28.1 Å².